The summed E-state index contributed by atoms with van der Waals surface area (Å²) < 4.78 is 1.16. The first-order valence-electron chi connectivity index (χ1n) is 5.34. The van der Waals surface area contributed by atoms with Crippen LogP contribution in [0.15, 0.2) is 22.7 Å². The van der Waals surface area contributed by atoms with E-state index in [4.69, 9.17) is 0 Å². The van der Waals surface area contributed by atoms with Gasteiger partial charge in [-0.3, -0.25) is 0 Å². The zero-order valence-corrected chi connectivity index (χ0v) is 10.0. The van der Waals surface area contributed by atoms with Gasteiger partial charge in [0.05, 0.1) is 0 Å². The third-order valence-electron chi connectivity index (χ3n) is 3.04. The van der Waals surface area contributed by atoms with E-state index in [2.05, 4.69) is 44.4 Å². The van der Waals surface area contributed by atoms with Gasteiger partial charge in [0, 0.05) is 27.6 Å². The Morgan fingerprint density at radius 3 is 3.13 bits per heavy atom. The van der Waals surface area contributed by atoms with Crippen LogP contribution in [0.2, 0.25) is 0 Å². The predicted octanol–water partition coefficient (Wildman–Crippen LogP) is 2.97. The normalized spacial score (nSPS) is 16.3. The highest BCUT2D eigenvalue weighted by atomic mass is 79.9. The number of hydrogen-bond acceptors (Lipinski definition) is 1. The summed E-state index contributed by atoms with van der Waals surface area (Å²) in [6.45, 7) is 2.10. The molecule has 3 rings (SSSR count). The third kappa shape index (κ3) is 1.60. The van der Waals surface area contributed by atoms with Crippen LogP contribution in [0.4, 0.5) is 0 Å². The van der Waals surface area contributed by atoms with Crippen LogP contribution < -0.4 is 5.32 Å². The second-order valence-electron chi connectivity index (χ2n) is 4.05. The van der Waals surface area contributed by atoms with E-state index in [-0.39, 0.29) is 0 Å². The van der Waals surface area contributed by atoms with Crippen molar-refractivity contribution in [3.8, 4) is 0 Å². The Kier molecular flexibility index (Phi) is 2.29. The summed E-state index contributed by atoms with van der Waals surface area (Å²) in [5.41, 5.74) is 4.11. The fourth-order valence-corrected chi connectivity index (χ4v) is 2.68. The van der Waals surface area contributed by atoms with E-state index in [1.165, 1.54) is 35.0 Å². The Balaban J connectivity index is 2.24. The smallest absolute Gasteiger partial charge is 0.0460 e. The van der Waals surface area contributed by atoms with Crippen molar-refractivity contribution in [1.82, 2.24) is 10.3 Å². The number of halogens is 1. The van der Waals surface area contributed by atoms with Crippen LogP contribution >= 0.6 is 15.9 Å². The van der Waals surface area contributed by atoms with Gasteiger partial charge in [0.2, 0.25) is 0 Å². The summed E-state index contributed by atoms with van der Waals surface area (Å²) >= 11 is 3.53. The number of aromatic amines is 1. The highest BCUT2D eigenvalue weighted by Crippen LogP contribution is 2.27. The average Bonchev–Trinajstić information content (AvgIpc) is 2.44. The van der Waals surface area contributed by atoms with Crippen molar-refractivity contribution in [2.45, 2.75) is 19.4 Å². The molecule has 0 aliphatic carbocycles. The van der Waals surface area contributed by atoms with Crippen LogP contribution in [0, 0.1) is 0 Å². The van der Waals surface area contributed by atoms with Gasteiger partial charge in [-0.2, -0.15) is 0 Å². The van der Waals surface area contributed by atoms with Gasteiger partial charge in [0.1, 0.15) is 0 Å². The molecule has 2 N–H and O–H groups in total. The minimum Gasteiger partial charge on any atom is -0.357 e. The molecule has 2 heterocycles. The zero-order valence-electron chi connectivity index (χ0n) is 8.44. The van der Waals surface area contributed by atoms with Crippen molar-refractivity contribution in [2.75, 3.05) is 6.54 Å². The summed E-state index contributed by atoms with van der Waals surface area (Å²) in [6, 6.07) is 6.45. The molecule has 0 radical (unpaired) electrons. The summed E-state index contributed by atoms with van der Waals surface area (Å²) in [5.74, 6) is 0. The summed E-state index contributed by atoms with van der Waals surface area (Å²) in [5, 5.41) is 4.81. The lowest BCUT2D eigenvalue weighted by molar-refractivity contribution is 0.675. The van der Waals surface area contributed by atoms with Gasteiger partial charge in [-0.15, -0.1) is 0 Å². The average molecular weight is 265 g/mol. The van der Waals surface area contributed by atoms with Crippen molar-refractivity contribution in [3.05, 3.63) is 33.9 Å². The molecule has 0 bridgehead atoms. The molecule has 0 amide bonds. The molecule has 0 unspecified atom stereocenters. The summed E-state index contributed by atoms with van der Waals surface area (Å²) in [7, 11) is 0. The maximum Gasteiger partial charge on any atom is 0.0460 e. The topological polar surface area (TPSA) is 27.8 Å². The second-order valence-corrected chi connectivity index (χ2v) is 4.97. The van der Waals surface area contributed by atoms with Crippen molar-refractivity contribution in [3.63, 3.8) is 0 Å². The summed E-state index contributed by atoms with van der Waals surface area (Å²) in [4.78, 5) is 3.50. The van der Waals surface area contributed by atoms with E-state index in [1.807, 2.05) is 0 Å². The maximum atomic E-state index is 3.53. The molecule has 3 heteroatoms. The second kappa shape index (κ2) is 3.65. The molecular formula is C12H13BrN2. The Hall–Kier alpha value is -0.800. The lowest BCUT2D eigenvalue weighted by Crippen LogP contribution is -2.12. The molecule has 0 fully saturated rings. The number of aromatic nitrogens is 1. The van der Waals surface area contributed by atoms with E-state index in [0.29, 0.717) is 0 Å². The van der Waals surface area contributed by atoms with Gasteiger partial charge >= 0.3 is 0 Å². The van der Waals surface area contributed by atoms with Gasteiger partial charge < -0.3 is 10.3 Å². The monoisotopic (exact) mass is 264 g/mol. The molecule has 0 saturated carbocycles. The number of nitrogens with one attached hydrogen (secondary N) is 2. The van der Waals surface area contributed by atoms with E-state index in [1.54, 1.807) is 0 Å². The van der Waals surface area contributed by atoms with Gasteiger partial charge in [-0.1, -0.05) is 15.9 Å². The van der Waals surface area contributed by atoms with Crippen molar-refractivity contribution < 1.29 is 0 Å². The standard InChI is InChI=1S/C12H13BrN2/c13-8-3-4-11-10(6-8)9-2-1-5-14-7-12(9)15-11/h3-4,6,14-15H,1-2,5,7H2. The molecule has 78 valence electrons. The number of hydrogen-bond donors (Lipinski definition) is 2. The Labute approximate surface area is 97.2 Å². The first kappa shape index (κ1) is 9.43. The molecule has 1 aliphatic rings. The fourth-order valence-electron chi connectivity index (χ4n) is 2.32. The van der Waals surface area contributed by atoms with E-state index in [9.17, 15) is 0 Å². The number of rotatable bonds is 0. The van der Waals surface area contributed by atoms with Gasteiger partial charge in [-0.25, -0.2) is 0 Å². The Morgan fingerprint density at radius 1 is 1.27 bits per heavy atom. The molecule has 0 atom stereocenters. The molecule has 15 heavy (non-hydrogen) atoms. The van der Waals surface area contributed by atoms with Crippen LogP contribution in [0.5, 0.6) is 0 Å². The van der Waals surface area contributed by atoms with E-state index < -0.39 is 0 Å². The van der Waals surface area contributed by atoms with Gasteiger partial charge in [0.15, 0.2) is 0 Å². The van der Waals surface area contributed by atoms with E-state index in [0.717, 1.165) is 17.6 Å². The van der Waals surface area contributed by atoms with Crippen LogP contribution in [-0.2, 0) is 13.0 Å². The number of fused-ring (bicyclic) bond motifs is 3. The highest BCUT2D eigenvalue weighted by Gasteiger charge is 2.13. The van der Waals surface area contributed by atoms with Crippen molar-refractivity contribution >= 4 is 26.8 Å². The molecule has 2 aromatic rings. The highest BCUT2D eigenvalue weighted by molar-refractivity contribution is 9.10. The summed E-state index contributed by atoms with van der Waals surface area (Å²) in [6.07, 6.45) is 2.41. The van der Waals surface area contributed by atoms with E-state index >= 15 is 0 Å². The van der Waals surface area contributed by atoms with Crippen LogP contribution in [0.25, 0.3) is 10.9 Å². The lowest BCUT2D eigenvalue weighted by Gasteiger charge is -1.97. The van der Waals surface area contributed by atoms with Crippen LogP contribution in [0.3, 0.4) is 0 Å². The largest absolute Gasteiger partial charge is 0.357 e. The quantitative estimate of drug-likeness (QED) is 0.753. The Morgan fingerprint density at radius 2 is 2.20 bits per heavy atom. The molecule has 2 nitrogen and oxygen atoms in total. The first-order valence-corrected chi connectivity index (χ1v) is 6.13. The van der Waals surface area contributed by atoms with Crippen molar-refractivity contribution in [1.29, 1.82) is 0 Å². The molecule has 1 aliphatic heterocycles. The SMILES string of the molecule is Brc1ccc2[nH]c3c(c2c1)CCCNC3. The predicted molar refractivity (Wildman–Crippen MR) is 66.0 cm³/mol. The molecule has 1 aromatic carbocycles. The van der Waals surface area contributed by atoms with Gasteiger partial charge in [-0.05, 0) is 43.1 Å². The minimum absolute atomic E-state index is 0.974. The molecule has 1 aromatic heterocycles. The molecule has 0 saturated heterocycles. The van der Waals surface area contributed by atoms with Crippen LogP contribution in [-0.4, -0.2) is 11.5 Å². The minimum atomic E-state index is 0.974. The zero-order chi connectivity index (χ0) is 10.3. The molecule has 0 spiro atoms. The van der Waals surface area contributed by atoms with Crippen molar-refractivity contribution in [2.24, 2.45) is 0 Å². The fraction of sp³-hybridized carbons (Fsp3) is 0.333. The number of aryl methyl sites for hydroxylation is 1. The number of benzene rings is 1. The number of H-pyrrole nitrogens is 1. The Bertz CT molecular complexity index is 502. The lowest BCUT2D eigenvalue weighted by atomic mass is 10.1. The van der Waals surface area contributed by atoms with Crippen LogP contribution in [0.1, 0.15) is 17.7 Å². The van der Waals surface area contributed by atoms with Gasteiger partial charge in [0.25, 0.3) is 0 Å². The third-order valence-corrected chi connectivity index (χ3v) is 3.53. The first-order chi connectivity index (χ1) is 7.34. The molecular weight excluding hydrogens is 252 g/mol. The maximum absolute atomic E-state index is 3.53.